The molecule has 22 heavy (non-hydrogen) atoms. The Hall–Kier alpha value is -1.26. The summed E-state index contributed by atoms with van der Waals surface area (Å²) in [5.74, 6) is 0. The lowest BCUT2D eigenvalue weighted by molar-refractivity contribution is 0.558. The van der Waals surface area contributed by atoms with Crippen LogP contribution >= 0.6 is 11.8 Å². The van der Waals surface area contributed by atoms with Gasteiger partial charge >= 0.3 is 0 Å². The quantitative estimate of drug-likeness (QED) is 0.731. The fourth-order valence-electron chi connectivity index (χ4n) is 1.12. The number of hydrogen-bond acceptors (Lipinski definition) is 4. The molecule has 3 nitrogen and oxygen atoms in total. The minimum atomic E-state index is 0.882. The smallest absolute Gasteiger partial charge is 0.181 e. The summed E-state index contributed by atoms with van der Waals surface area (Å²) in [6.07, 6.45) is 7.79. The van der Waals surface area contributed by atoms with Crippen molar-refractivity contribution in [1.82, 2.24) is 10.3 Å². The van der Waals surface area contributed by atoms with E-state index in [1.54, 1.807) is 18.0 Å². The van der Waals surface area contributed by atoms with E-state index in [9.17, 15) is 0 Å². The molecule has 1 heterocycles. The zero-order valence-electron chi connectivity index (χ0n) is 15.1. The number of thioether (sulfide) groups is 1. The van der Waals surface area contributed by atoms with Gasteiger partial charge in [0.2, 0.25) is 0 Å². The third-order valence-electron chi connectivity index (χ3n) is 2.32. The average Bonchev–Trinajstić information content (AvgIpc) is 3.12. The summed E-state index contributed by atoms with van der Waals surface area (Å²) in [4.78, 5) is 5.33. The molecule has 0 fully saturated rings. The maximum Gasteiger partial charge on any atom is 0.181 e. The number of benzene rings is 1. The molecule has 1 aromatic carbocycles. The number of nitrogens with zero attached hydrogens (tertiary/aromatic N) is 1. The number of unbranched alkanes of at least 4 members (excludes halogenated alkanes) is 1. The van der Waals surface area contributed by atoms with Gasteiger partial charge in [-0.25, -0.2) is 4.98 Å². The fourth-order valence-corrected chi connectivity index (χ4v) is 1.53. The minimum Gasteiger partial charge on any atom is -0.451 e. The van der Waals surface area contributed by atoms with Gasteiger partial charge in [0.25, 0.3) is 0 Å². The number of oxazole rings is 1. The van der Waals surface area contributed by atoms with Crippen molar-refractivity contribution in [3.63, 3.8) is 0 Å². The van der Waals surface area contributed by atoms with E-state index in [1.807, 2.05) is 40.1 Å². The van der Waals surface area contributed by atoms with Crippen molar-refractivity contribution in [2.75, 3.05) is 20.4 Å². The van der Waals surface area contributed by atoms with Gasteiger partial charge < -0.3 is 9.73 Å². The maximum absolute atomic E-state index is 4.91. The molecular weight excluding hydrogens is 292 g/mol. The number of rotatable bonds is 3. The summed E-state index contributed by atoms with van der Waals surface area (Å²) in [6, 6.07) is 8.25. The Labute approximate surface area is 140 Å². The molecule has 0 bridgehead atoms. The van der Waals surface area contributed by atoms with E-state index in [4.69, 9.17) is 4.42 Å². The van der Waals surface area contributed by atoms with Gasteiger partial charge in [0.05, 0.1) is 0 Å². The van der Waals surface area contributed by atoms with Gasteiger partial charge in [-0.15, -0.1) is 11.8 Å². The van der Waals surface area contributed by atoms with Crippen LogP contribution in [0.1, 0.15) is 40.5 Å². The lowest BCUT2D eigenvalue weighted by atomic mass is 10.2. The van der Waals surface area contributed by atoms with E-state index >= 15 is 0 Å². The van der Waals surface area contributed by atoms with E-state index in [-0.39, 0.29) is 0 Å². The van der Waals surface area contributed by atoms with E-state index in [2.05, 4.69) is 42.5 Å². The van der Waals surface area contributed by atoms with Gasteiger partial charge in [0.1, 0.15) is 12.0 Å². The molecule has 0 aliphatic carbocycles. The second-order valence-electron chi connectivity index (χ2n) is 4.10. The maximum atomic E-state index is 4.91. The molecular formula is C18H32N2OS. The first-order chi connectivity index (χ1) is 10.7. The highest BCUT2D eigenvalue weighted by atomic mass is 32.2. The molecule has 2 aromatic rings. The average molecular weight is 325 g/mol. The van der Waals surface area contributed by atoms with Gasteiger partial charge in [-0.3, -0.25) is 0 Å². The first kappa shape index (κ1) is 23.0. The normalized spacial score (nSPS) is 8.50. The van der Waals surface area contributed by atoms with Crippen molar-refractivity contribution in [2.24, 2.45) is 0 Å². The van der Waals surface area contributed by atoms with Crippen LogP contribution in [0.25, 0.3) is 11.3 Å². The molecule has 0 aliphatic heterocycles. The van der Waals surface area contributed by atoms with Crippen molar-refractivity contribution in [1.29, 1.82) is 0 Å². The Morgan fingerprint density at radius 3 is 1.86 bits per heavy atom. The first-order valence-electron chi connectivity index (χ1n) is 7.84. The zero-order valence-corrected chi connectivity index (χ0v) is 16.0. The molecule has 1 N–H and O–H groups in total. The van der Waals surface area contributed by atoms with Gasteiger partial charge in [0.15, 0.2) is 6.39 Å². The highest BCUT2D eigenvalue weighted by Crippen LogP contribution is 2.21. The number of hydrogen-bond donors (Lipinski definition) is 1. The lowest BCUT2D eigenvalue weighted by Gasteiger charge is -1.97. The summed E-state index contributed by atoms with van der Waals surface area (Å²) < 4.78 is 4.91. The molecule has 1 aromatic heterocycles. The van der Waals surface area contributed by atoms with Crippen molar-refractivity contribution < 1.29 is 4.42 Å². The van der Waals surface area contributed by atoms with Crippen LogP contribution in [0, 0.1) is 0 Å². The second-order valence-corrected chi connectivity index (χ2v) is 4.98. The van der Waals surface area contributed by atoms with Crippen LogP contribution in [0.4, 0.5) is 0 Å². The first-order valence-corrected chi connectivity index (χ1v) is 9.06. The molecule has 0 saturated heterocycles. The highest BCUT2D eigenvalue weighted by Gasteiger charge is 1.99. The summed E-state index contributed by atoms with van der Waals surface area (Å²) in [7, 11) is 3.75. The predicted molar refractivity (Wildman–Crippen MR) is 101 cm³/mol. The van der Waals surface area contributed by atoms with Gasteiger partial charge in [0, 0.05) is 10.5 Å². The minimum absolute atomic E-state index is 0.882. The lowest BCUT2D eigenvalue weighted by Crippen LogP contribution is -1.89. The van der Waals surface area contributed by atoms with Crippen molar-refractivity contribution in [3.05, 3.63) is 36.9 Å². The predicted octanol–water partition coefficient (Wildman–Crippen LogP) is 5.73. The molecule has 0 atom stereocenters. The monoisotopic (exact) mass is 324 g/mol. The zero-order chi connectivity index (χ0) is 17.2. The van der Waals surface area contributed by atoms with Gasteiger partial charge in [-0.05, 0) is 32.5 Å². The Bertz CT molecular complexity index is 411. The van der Waals surface area contributed by atoms with Crippen LogP contribution in [-0.2, 0) is 0 Å². The molecule has 0 saturated carbocycles. The fraction of sp³-hybridized carbons (Fsp3) is 0.500. The third kappa shape index (κ3) is 11.4. The molecule has 0 aliphatic rings. The third-order valence-corrected chi connectivity index (χ3v) is 3.06. The van der Waals surface area contributed by atoms with Crippen molar-refractivity contribution in [3.8, 4) is 11.3 Å². The largest absolute Gasteiger partial charge is 0.451 e. The topological polar surface area (TPSA) is 38.1 Å². The Kier molecular flexibility index (Phi) is 18.6. The van der Waals surface area contributed by atoms with E-state index < -0.39 is 0 Å². The van der Waals surface area contributed by atoms with E-state index in [1.165, 1.54) is 24.1 Å². The van der Waals surface area contributed by atoms with E-state index in [0.717, 1.165) is 11.3 Å². The van der Waals surface area contributed by atoms with Crippen LogP contribution in [0.5, 0.6) is 0 Å². The standard InChI is InChI=1S/C10H9NOS.C4H10.C2H7N.C2H6/c1-13-9-4-2-8(3-5-9)10-6-12-7-11-10;1-3-4-2;1-3-2;1-2/h2-7H,1H3;3-4H2,1-2H3;3H,1-2H3;1-2H3. The summed E-state index contributed by atoms with van der Waals surface area (Å²) in [6.45, 7) is 8.36. The molecule has 0 radical (unpaired) electrons. The molecule has 126 valence electrons. The molecule has 0 unspecified atom stereocenters. The molecule has 0 amide bonds. The Morgan fingerprint density at radius 1 is 1.05 bits per heavy atom. The Morgan fingerprint density at radius 2 is 1.55 bits per heavy atom. The number of nitrogens with one attached hydrogen (secondary N) is 1. The van der Waals surface area contributed by atoms with Crippen LogP contribution in [0.15, 0.2) is 46.2 Å². The molecule has 2 rings (SSSR count). The van der Waals surface area contributed by atoms with Crippen LogP contribution in [0.3, 0.4) is 0 Å². The molecule has 4 heteroatoms. The van der Waals surface area contributed by atoms with Crippen molar-refractivity contribution in [2.45, 2.75) is 45.4 Å². The SMILES string of the molecule is CC.CCCC.CNC.CSc1ccc(-c2cocn2)cc1. The summed E-state index contributed by atoms with van der Waals surface area (Å²) >= 11 is 1.73. The second kappa shape index (κ2) is 17.8. The van der Waals surface area contributed by atoms with Crippen LogP contribution < -0.4 is 5.32 Å². The van der Waals surface area contributed by atoms with E-state index in [0.29, 0.717) is 0 Å². The summed E-state index contributed by atoms with van der Waals surface area (Å²) in [5, 5.41) is 2.75. The summed E-state index contributed by atoms with van der Waals surface area (Å²) in [5.41, 5.74) is 1.97. The van der Waals surface area contributed by atoms with Gasteiger partial charge in [-0.1, -0.05) is 52.7 Å². The highest BCUT2D eigenvalue weighted by molar-refractivity contribution is 7.98. The molecule has 0 spiro atoms. The van der Waals surface area contributed by atoms with Crippen LogP contribution in [0.2, 0.25) is 0 Å². The van der Waals surface area contributed by atoms with Crippen LogP contribution in [-0.4, -0.2) is 25.3 Å². The Balaban J connectivity index is 0. The van der Waals surface area contributed by atoms with Gasteiger partial charge in [-0.2, -0.15) is 0 Å². The van der Waals surface area contributed by atoms with Crippen molar-refractivity contribution >= 4 is 11.8 Å². The number of aromatic nitrogens is 1.